The summed E-state index contributed by atoms with van der Waals surface area (Å²) in [6.07, 6.45) is 0.520. The summed E-state index contributed by atoms with van der Waals surface area (Å²) in [5.41, 5.74) is 5.93. The van der Waals surface area contributed by atoms with Gasteiger partial charge in [0.25, 0.3) is 5.91 Å². The highest BCUT2D eigenvalue weighted by atomic mass is 19.4. The molecule has 172 valence electrons. The molecule has 0 spiro atoms. The summed E-state index contributed by atoms with van der Waals surface area (Å²) in [6.45, 7) is 5.49. The molecule has 1 saturated carbocycles. The molecule has 4 rings (SSSR count). The maximum absolute atomic E-state index is 12.8. The van der Waals surface area contributed by atoms with Crippen molar-refractivity contribution in [2.45, 2.75) is 63.3 Å². The van der Waals surface area contributed by atoms with Crippen LogP contribution >= 0.6 is 0 Å². The minimum atomic E-state index is -4.43. The van der Waals surface area contributed by atoms with Gasteiger partial charge in [-0.25, -0.2) is 0 Å². The molecule has 1 amide bonds. The summed E-state index contributed by atoms with van der Waals surface area (Å²) < 4.78 is 39.9. The van der Waals surface area contributed by atoms with Gasteiger partial charge in [0.05, 0.1) is 11.6 Å². The van der Waals surface area contributed by atoms with Gasteiger partial charge in [-0.3, -0.25) is 14.4 Å². The number of likely N-dealkylation sites (tertiary alicyclic amines) is 1. The van der Waals surface area contributed by atoms with E-state index in [0.29, 0.717) is 23.9 Å². The van der Waals surface area contributed by atoms with Crippen molar-refractivity contribution >= 4 is 23.1 Å². The van der Waals surface area contributed by atoms with Crippen LogP contribution in [0.3, 0.4) is 0 Å². The van der Waals surface area contributed by atoms with E-state index < -0.39 is 17.6 Å². The molecule has 2 aromatic rings. The lowest BCUT2D eigenvalue weighted by molar-refractivity contribution is -0.137. The van der Waals surface area contributed by atoms with Crippen LogP contribution in [-0.2, 0) is 6.18 Å². The summed E-state index contributed by atoms with van der Waals surface area (Å²) >= 11 is 0. The third-order valence-electron chi connectivity index (χ3n) is 6.61. The van der Waals surface area contributed by atoms with Crippen molar-refractivity contribution in [3.63, 3.8) is 0 Å². The molecule has 2 atom stereocenters. The number of nitrogens with two attached hydrogens (primary N) is 1. The van der Waals surface area contributed by atoms with E-state index in [1.54, 1.807) is 4.68 Å². The molecular weight excluding hydrogens is 421 g/mol. The zero-order chi connectivity index (χ0) is 23.3. The van der Waals surface area contributed by atoms with Gasteiger partial charge in [-0.15, -0.1) is 0 Å². The summed E-state index contributed by atoms with van der Waals surface area (Å²) in [6, 6.07) is 4.51. The number of aromatic nitrogens is 2. The average Bonchev–Trinajstić information content (AvgIpc) is 3.11. The van der Waals surface area contributed by atoms with Crippen molar-refractivity contribution in [3.8, 4) is 0 Å². The smallest absolute Gasteiger partial charge is 0.365 e. The maximum atomic E-state index is 12.8. The summed E-state index contributed by atoms with van der Waals surface area (Å²) in [5, 5.41) is 15.9. The number of carbonyl (C=O) groups excluding carboxylic acids is 1. The zero-order valence-electron chi connectivity index (χ0n) is 18.0. The van der Waals surface area contributed by atoms with Crippen LogP contribution in [0.2, 0.25) is 0 Å². The number of benzene rings is 1. The second-order valence-corrected chi connectivity index (χ2v) is 9.17. The fourth-order valence-electron chi connectivity index (χ4n) is 4.64. The quantitative estimate of drug-likeness (QED) is 0.633. The van der Waals surface area contributed by atoms with Crippen LogP contribution in [-0.4, -0.2) is 44.4 Å². The van der Waals surface area contributed by atoms with Crippen LogP contribution in [0.15, 0.2) is 30.5 Å². The number of halogens is 3. The topological polar surface area (TPSA) is 100 Å². The van der Waals surface area contributed by atoms with Crippen molar-refractivity contribution in [1.82, 2.24) is 14.7 Å². The Balaban J connectivity index is 1.51. The molecule has 0 radical (unpaired) electrons. The van der Waals surface area contributed by atoms with Crippen LogP contribution in [0.1, 0.15) is 61.5 Å². The lowest BCUT2D eigenvalue weighted by Crippen LogP contribution is -2.61. The highest BCUT2D eigenvalue weighted by molar-refractivity contribution is 5.98. The van der Waals surface area contributed by atoms with Crippen molar-refractivity contribution in [2.24, 2.45) is 5.73 Å². The monoisotopic (exact) mass is 448 g/mol. The first-order chi connectivity index (χ1) is 15.0. The third kappa shape index (κ3) is 4.23. The zero-order valence-corrected chi connectivity index (χ0v) is 18.0. The fourth-order valence-corrected chi connectivity index (χ4v) is 4.64. The number of hydrogen-bond acceptors (Lipinski definition) is 5. The molecule has 0 unspecified atom stereocenters. The van der Waals surface area contributed by atoms with Gasteiger partial charge in [0.2, 0.25) is 0 Å². The van der Waals surface area contributed by atoms with Gasteiger partial charge < -0.3 is 16.5 Å². The lowest BCUT2D eigenvalue weighted by atomic mass is 9.80. The molecule has 2 heterocycles. The van der Waals surface area contributed by atoms with Crippen LogP contribution < -0.4 is 11.1 Å². The lowest BCUT2D eigenvalue weighted by Gasteiger charge is -2.54. The Hall–Kier alpha value is -2.88. The molecule has 4 N–H and O–H groups in total. The fraction of sp³-hybridized carbons (Fsp3) is 0.500. The first kappa shape index (κ1) is 22.3. The Kier molecular flexibility index (Phi) is 5.52. The molecule has 1 aliphatic heterocycles. The highest BCUT2D eigenvalue weighted by Gasteiger charge is 2.42. The average molecular weight is 448 g/mol. The van der Waals surface area contributed by atoms with Gasteiger partial charge in [-0.1, -0.05) is 0 Å². The van der Waals surface area contributed by atoms with Gasteiger partial charge in [-0.2, -0.15) is 18.3 Å². The van der Waals surface area contributed by atoms with Crippen molar-refractivity contribution in [2.75, 3.05) is 11.9 Å². The Morgan fingerprint density at radius 2 is 1.94 bits per heavy atom. The van der Waals surface area contributed by atoms with Crippen LogP contribution in [0, 0.1) is 5.41 Å². The van der Waals surface area contributed by atoms with Gasteiger partial charge in [0.1, 0.15) is 5.56 Å². The number of carbonyl (C=O) groups is 1. The van der Waals surface area contributed by atoms with Crippen LogP contribution in [0.25, 0.3) is 0 Å². The number of primary amides is 1. The molecule has 1 aliphatic carbocycles. The number of nitrogens with one attached hydrogen (secondary N) is 2. The van der Waals surface area contributed by atoms with E-state index in [9.17, 15) is 18.0 Å². The van der Waals surface area contributed by atoms with Crippen molar-refractivity contribution < 1.29 is 18.0 Å². The molecule has 32 heavy (non-hydrogen) atoms. The molecular formula is C22H27F3N6O. The van der Waals surface area contributed by atoms with Crippen molar-refractivity contribution in [1.29, 1.82) is 5.41 Å². The molecule has 1 saturated heterocycles. The number of amides is 1. The second-order valence-electron chi connectivity index (χ2n) is 9.17. The predicted molar refractivity (Wildman–Crippen MR) is 115 cm³/mol. The molecule has 2 fully saturated rings. The van der Waals surface area contributed by atoms with Gasteiger partial charge >= 0.3 is 6.18 Å². The Bertz CT molecular complexity index is 1030. The van der Waals surface area contributed by atoms with E-state index in [1.807, 2.05) is 0 Å². The number of rotatable bonds is 5. The molecule has 1 aromatic carbocycles. The predicted octanol–water partition coefficient (Wildman–Crippen LogP) is 4.34. The van der Waals surface area contributed by atoms with Gasteiger partial charge in [0.15, 0.2) is 5.82 Å². The molecule has 2 aliphatic rings. The normalized spacial score (nSPS) is 23.6. The largest absolute Gasteiger partial charge is 0.416 e. The highest BCUT2D eigenvalue weighted by Crippen LogP contribution is 2.38. The van der Waals surface area contributed by atoms with E-state index in [4.69, 9.17) is 11.1 Å². The minimum absolute atomic E-state index is 0.128. The van der Waals surface area contributed by atoms with E-state index in [-0.39, 0.29) is 23.0 Å². The first-order valence-electron chi connectivity index (χ1n) is 10.6. The Morgan fingerprint density at radius 1 is 1.25 bits per heavy atom. The summed E-state index contributed by atoms with van der Waals surface area (Å²) in [4.78, 5) is 14.4. The summed E-state index contributed by atoms with van der Waals surface area (Å²) in [7, 11) is 0. The number of alkyl halides is 3. The summed E-state index contributed by atoms with van der Waals surface area (Å²) in [5.74, 6) is -0.538. The van der Waals surface area contributed by atoms with Crippen LogP contribution in [0.4, 0.5) is 24.7 Å². The third-order valence-corrected chi connectivity index (χ3v) is 6.61. The molecule has 10 heteroatoms. The van der Waals surface area contributed by atoms with Crippen molar-refractivity contribution in [3.05, 3.63) is 41.6 Å². The van der Waals surface area contributed by atoms with E-state index in [0.717, 1.165) is 37.9 Å². The standard InChI is InChI=1S/C22H27F3N6O/c1-21(2)9-10-30(21)15-7-8-18(17(26)11-15)31-12-16(19(27)32)20(29-31)28-14-5-3-13(4-6-14)22(23,24)25/h3-6,12,15,18,26H,7-11H2,1-2H3,(H2,27,32)(H,28,29)/t15-,18-/m0/s1. The van der Waals surface area contributed by atoms with E-state index >= 15 is 0 Å². The van der Waals surface area contributed by atoms with Gasteiger partial charge in [-0.05, 0) is 57.4 Å². The van der Waals surface area contributed by atoms with E-state index in [1.165, 1.54) is 18.3 Å². The molecule has 7 nitrogen and oxygen atoms in total. The van der Waals surface area contributed by atoms with E-state index in [2.05, 4.69) is 29.2 Å². The number of anilines is 2. The second kappa shape index (κ2) is 7.91. The minimum Gasteiger partial charge on any atom is -0.365 e. The van der Waals surface area contributed by atoms with Crippen LogP contribution in [0.5, 0.6) is 0 Å². The molecule has 1 aromatic heterocycles. The Labute approximate surface area is 184 Å². The number of hydrogen-bond donors (Lipinski definition) is 3. The maximum Gasteiger partial charge on any atom is 0.416 e. The SMILES string of the molecule is CC1(C)CCN1[C@H]1CC[C@H](n2cc(C(N)=O)c(Nc3ccc(C(F)(F)F)cc3)n2)C(=N)C1. The molecule has 0 bridgehead atoms. The van der Waals surface area contributed by atoms with Gasteiger partial charge in [0, 0.05) is 42.1 Å². The first-order valence-corrected chi connectivity index (χ1v) is 10.6. The number of nitrogens with zero attached hydrogens (tertiary/aromatic N) is 3. The Morgan fingerprint density at radius 3 is 2.44 bits per heavy atom.